The molecule has 0 saturated carbocycles. The van der Waals surface area contributed by atoms with E-state index < -0.39 is 14.6 Å². The maximum Gasteiger partial charge on any atom is 0.231 e. The largest absolute Gasteiger partial charge is 0.453 e. The molecule has 0 atom stereocenters. The van der Waals surface area contributed by atoms with Crippen LogP contribution in [0.15, 0.2) is 6.07 Å². The average Bonchev–Trinajstić information content (AvgIpc) is 3.00. The second-order valence-corrected chi connectivity index (χ2v) is 10.9. The lowest BCUT2D eigenvalue weighted by atomic mass is 9.98. The summed E-state index contributed by atoms with van der Waals surface area (Å²) in [5, 5.41) is 0. The summed E-state index contributed by atoms with van der Waals surface area (Å²) < 4.78 is 34.6. The van der Waals surface area contributed by atoms with Crippen LogP contribution in [-0.2, 0) is 16.3 Å². The highest BCUT2D eigenvalue weighted by Gasteiger charge is 2.27. The molecule has 142 valence electrons. The molecule has 0 aliphatic carbocycles. The standard InChI is InChI=1S/C20H32O4S/c1-15-13-17(16(2)19-18(15)23-14-24-19)11-9-7-6-8-10-12-25(21,22)20(3,4)5/h13H,6-12,14H2,1-5H3. The lowest BCUT2D eigenvalue weighted by Gasteiger charge is -2.18. The first-order valence-electron chi connectivity index (χ1n) is 9.24. The number of hydrogen-bond donors (Lipinski definition) is 0. The molecule has 2 rings (SSSR count). The van der Waals surface area contributed by atoms with Gasteiger partial charge in [-0.1, -0.05) is 25.3 Å². The average molecular weight is 369 g/mol. The molecule has 1 aliphatic heterocycles. The second kappa shape index (κ2) is 7.98. The number of ether oxygens (including phenoxy) is 2. The van der Waals surface area contributed by atoms with Gasteiger partial charge in [0.2, 0.25) is 6.79 Å². The van der Waals surface area contributed by atoms with E-state index >= 15 is 0 Å². The summed E-state index contributed by atoms with van der Waals surface area (Å²) in [7, 11) is -2.98. The van der Waals surface area contributed by atoms with Crippen molar-refractivity contribution >= 4 is 9.84 Å². The molecule has 0 bridgehead atoms. The Kier molecular flexibility index (Phi) is 6.41. The summed E-state index contributed by atoms with van der Waals surface area (Å²) in [6, 6.07) is 2.21. The molecule has 0 radical (unpaired) electrons. The van der Waals surface area contributed by atoms with Crippen molar-refractivity contribution in [3.8, 4) is 11.5 Å². The van der Waals surface area contributed by atoms with Gasteiger partial charge in [-0.05, 0) is 70.6 Å². The minimum absolute atomic E-state index is 0.303. The lowest BCUT2D eigenvalue weighted by molar-refractivity contribution is 0.173. The molecular weight excluding hydrogens is 336 g/mol. The summed E-state index contributed by atoms with van der Waals surface area (Å²) in [6.07, 6.45) is 6.11. The van der Waals surface area contributed by atoms with Gasteiger partial charge in [-0.3, -0.25) is 0 Å². The molecule has 5 heteroatoms. The Morgan fingerprint density at radius 3 is 2.24 bits per heavy atom. The molecular formula is C20H32O4S. The van der Waals surface area contributed by atoms with E-state index in [0.29, 0.717) is 12.5 Å². The third-order valence-electron chi connectivity index (χ3n) is 4.98. The number of sulfone groups is 1. The highest BCUT2D eigenvalue weighted by atomic mass is 32.2. The zero-order valence-corrected chi connectivity index (χ0v) is 17.1. The molecule has 0 spiro atoms. The zero-order valence-electron chi connectivity index (χ0n) is 16.3. The number of unbranched alkanes of at least 4 members (excludes halogenated alkanes) is 4. The first kappa shape index (κ1) is 20.1. The van der Waals surface area contributed by atoms with Crippen LogP contribution in [0, 0.1) is 13.8 Å². The van der Waals surface area contributed by atoms with Crippen LogP contribution in [0.5, 0.6) is 11.5 Å². The number of aryl methyl sites for hydroxylation is 2. The summed E-state index contributed by atoms with van der Waals surface area (Å²) in [6.45, 7) is 9.80. The van der Waals surface area contributed by atoms with Crippen LogP contribution in [0.4, 0.5) is 0 Å². The topological polar surface area (TPSA) is 52.6 Å². The Bertz CT molecular complexity index is 699. The van der Waals surface area contributed by atoms with Crippen molar-refractivity contribution in [1.29, 1.82) is 0 Å². The molecule has 0 unspecified atom stereocenters. The van der Waals surface area contributed by atoms with E-state index in [9.17, 15) is 8.42 Å². The van der Waals surface area contributed by atoms with Gasteiger partial charge in [0.15, 0.2) is 21.3 Å². The Morgan fingerprint density at radius 1 is 0.960 bits per heavy atom. The Hall–Kier alpha value is -1.23. The Morgan fingerprint density at radius 2 is 1.56 bits per heavy atom. The normalized spacial score (nSPS) is 14.1. The number of fused-ring (bicyclic) bond motifs is 1. The first-order valence-corrected chi connectivity index (χ1v) is 10.9. The minimum Gasteiger partial charge on any atom is -0.453 e. The molecule has 4 nitrogen and oxygen atoms in total. The molecule has 0 amide bonds. The molecule has 0 aromatic heterocycles. The maximum atomic E-state index is 12.1. The third-order valence-corrected chi connectivity index (χ3v) is 7.67. The van der Waals surface area contributed by atoms with Crippen LogP contribution >= 0.6 is 0 Å². The van der Waals surface area contributed by atoms with Crippen molar-refractivity contribution in [1.82, 2.24) is 0 Å². The van der Waals surface area contributed by atoms with Gasteiger partial charge in [0.25, 0.3) is 0 Å². The van der Waals surface area contributed by atoms with Crippen LogP contribution in [0.1, 0.15) is 69.6 Å². The van der Waals surface area contributed by atoms with Crippen LogP contribution < -0.4 is 9.47 Å². The zero-order chi connectivity index (χ0) is 18.7. The maximum absolute atomic E-state index is 12.1. The first-order chi connectivity index (χ1) is 11.6. The van der Waals surface area contributed by atoms with Gasteiger partial charge in [0.1, 0.15) is 0 Å². The molecule has 1 aromatic rings. The monoisotopic (exact) mass is 368 g/mol. The fourth-order valence-corrected chi connectivity index (χ4v) is 4.33. The van der Waals surface area contributed by atoms with Crippen molar-refractivity contribution in [2.75, 3.05) is 12.5 Å². The van der Waals surface area contributed by atoms with Gasteiger partial charge in [-0.25, -0.2) is 8.42 Å². The number of rotatable bonds is 8. The summed E-state index contributed by atoms with van der Waals surface area (Å²) in [5.74, 6) is 2.10. The van der Waals surface area contributed by atoms with Crippen LogP contribution in [0.3, 0.4) is 0 Å². The minimum atomic E-state index is -2.98. The second-order valence-electron chi connectivity index (χ2n) is 7.99. The van der Waals surface area contributed by atoms with E-state index in [1.54, 1.807) is 20.8 Å². The van der Waals surface area contributed by atoms with E-state index in [4.69, 9.17) is 9.47 Å². The molecule has 25 heavy (non-hydrogen) atoms. The molecule has 0 N–H and O–H groups in total. The molecule has 0 fully saturated rings. The fourth-order valence-electron chi connectivity index (χ4n) is 3.13. The molecule has 1 heterocycles. The summed E-state index contributed by atoms with van der Waals surface area (Å²) in [5.41, 5.74) is 3.66. The summed E-state index contributed by atoms with van der Waals surface area (Å²) >= 11 is 0. The van der Waals surface area contributed by atoms with Crippen molar-refractivity contribution in [3.05, 3.63) is 22.8 Å². The van der Waals surface area contributed by atoms with Gasteiger partial charge in [0.05, 0.1) is 10.5 Å². The van der Waals surface area contributed by atoms with E-state index in [1.807, 2.05) is 0 Å². The van der Waals surface area contributed by atoms with E-state index in [-0.39, 0.29) is 0 Å². The number of hydrogen-bond acceptors (Lipinski definition) is 4. The Balaban J connectivity index is 1.72. The highest BCUT2D eigenvalue weighted by molar-refractivity contribution is 7.92. The summed E-state index contributed by atoms with van der Waals surface area (Å²) in [4.78, 5) is 0. The van der Waals surface area contributed by atoms with E-state index in [0.717, 1.165) is 55.6 Å². The van der Waals surface area contributed by atoms with Crippen LogP contribution in [0.25, 0.3) is 0 Å². The third kappa shape index (κ3) is 4.90. The van der Waals surface area contributed by atoms with Gasteiger partial charge in [-0.2, -0.15) is 0 Å². The molecule has 1 aromatic carbocycles. The van der Waals surface area contributed by atoms with Crippen molar-refractivity contribution in [2.24, 2.45) is 0 Å². The van der Waals surface area contributed by atoms with Gasteiger partial charge < -0.3 is 9.47 Å². The molecule has 0 saturated heterocycles. The van der Waals surface area contributed by atoms with Gasteiger partial charge >= 0.3 is 0 Å². The van der Waals surface area contributed by atoms with Crippen LogP contribution in [-0.4, -0.2) is 25.7 Å². The smallest absolute Gasteiger partial charge is 0.231 e. The predicted molar refractivity (Wildman–Crippen MR) is 102 cm³/mol. The van der Waals surface area contributed by atoms with E-state index in [2.05, 4.69) is 19.9 Å². The van der Waals surface area contributed by atoms with Crippen molar-refractivity contribution in [3.63, 3.8) is 0 Å². The predicted octanol–water partition coefficient (Wildman–Crippen LogP) is 4.74. The SMILES string of the molecule is Cc1cc(CCCCCCCS(=O)(=O)C(C)(C)C)c(C)c2c1OCO2. The van der Waals surface area contributed by atoms with E-state index in [1.165, 1.54) is 11.1 Å². The van der Waals surface area contributed by atoms with Crippen LogP contribution in [0.2, 0.25) is 0 Å². The molecule has 1 aliphatic rings. The van der Waals surface area contributed by atoms with Gasteiger partial charge in [-0.15, -0.1) is 0 Å². The highest BCUT2D eigenvalue weighted by Crippen LogP contribution is 2.40. The number of benzene rings is 1. The quantitative estimate of drug-likeness (QED) is 0.622. The fraction of sp³-hybridized carbons (Fsp3) is 0.700. The Labute approximate surface area is 152 Å². The van der Waals surface area contributed by atoms with Crippen molar-refractivity contribution < 1.29 is 17.9 Å². The lowest BCUT2D eigenvalue weighted by Crippen LogP contribution is -2.30. The van der Waals surface area contributed by atoms with Gasteiger partial charge in [0, 0.05) is 0 Å². The van der Waals surface area contributed by atoms with Crippen molar-refractivity contribution in [2.45, 2.75) is 77.9 Å².